The first-order valence-corrected chi connectivity index (χ1v) is 6.09. The van der Waals surface area contributed by atoms with Crippen molar-refractivity contribution in [3.63, 3.8) is 0 Å². The number of nitrogens with two attached hydrogens (primary N) is 1. The van der Waals surface area contributed by atoms with E-state index in [9.17, 15) is 0 Å². The number of rotatable bonds is 4. The fourth-order valence-corrected chi connectivity index (χ4v) is 2.30. The van der Waals surface area contributed by atoms with Crippen LogP contribution in [0.15, 0.2) is 12.4 Å². The molecule has 0 bridgehead atoms. The Hall–Kier alpha value is -1.16. The molecule has 0 saturated carbocycles. The number of nitrogens with zero attached hydrogens (tertiary/aromatic N) is 3. The monoisotopic (exact) mass is 220 g/mol. The zero-order valence-electron chi connectivity index (χ0n) is 9.89. The lowest BCUT2D eigenvalue weighted by Crippen LogP contribution is -2.21. The average molecular weight is 220 g/mol. The molecule has 0 radical (unpaired) electrons. The Morgan fingerprint density at radius 3 is 2.94 bits per heavy atom. The van der Waals surface area contributed by atoms with Crippen LogP contribution in [-0.4, -0.2) is 23.1 Å². The van der Waals surface area contributed by atoms with E-state index in [-0.39, 0.29) is 0 Å². The van der Waals surface area contributed by atoms with Crippen LogP contribution in [0.2, 0.25) is 0 Å². The third kappa shape index (κ3) is 2.50. The van der Waals surface area contributed by atoms with Crippen LogP contribution in [0.4, 0.5) is 5.82 Å². The molecule has 1 fully saturated rings. The van der Waals surface area contributed by atoms with E-state index < -0.39 is 0 Å². The van der Waals surface area contributed by atoms with Crippen molar-refractivity contribution in [3.8, 4) is 0 Å². The third-order valence-corrected chi connectivity index (χ3v) is 3.21. The van der Waals surface area contributed by atoms with Gasteiger partial charge >= 0.3 is 0 Å². The molecule has 0 amide bonds. The molecule has 1 unspecified atom stereocenters. The normalized spacial score (nSPS) is 20.4. The maximum atomic E-state index is 5.50. The first-order chi connectivity index (χ1) is 7.83. The van der Waals surface area contributed by atoms with Crippen LogP contribution in [0.3, 0.4) is 0 Å². The van der Waals surface area contributed by atoms with Gasteiger partial charge in [0.15, 0.2) is 0 Å². The largest absolute Gasteiger partial charge is 0.355 e. The van der Waals surface area contributed by atoms with Gasteiger partial charge in [-0.15, -0.1) is 0 Å². The molecule has 16 heavy (non-hydrogen) atoms. The second kappa shape index (κ2) is 5.25. The van der Waals surface area contributed by atoms with Gasteiger partial charge in [-0.1, -0.05) is 13.3 Å². The Balaban J connectivity index is 1.97. The number of hydrogen-bond acceptors (Lipinski definition) is 4. The lowest BCUT2D eigenvalue weighted by molar-refractivity contribution is 0.529. The fourth-order valence-electron chi connectivity index (χ4n) is 2.30. The predicted octanol–water partition coefficient (Wildman–Crippen LogP) is 1.56. The summed E-state index contributed by atoms with van der Waals surface area (Å²) in [7, 11) is 0. The first-order valence-electron chi connectivity index (χ1n) is 6.09. The van der Waals surface area contributed by atoms with E-state index in [1.165, 1.54) is 19.3 Å². The molecule has 1 aromatic rings. The summed E-state index contributed by atoms with van der Waals surface area (Å²) in [6, 6.07) is 0. The van der Waals surface area contributed by atoms with Gasteiger partial charge in [-0.2, -0.15) is 0 Å². The van der Waals surface area contributed by atoms with Crippen molar-refractivity contribution < 1.29 is 0 Å². The van der Waals surface area contributed by atoms with Crippen molar-refractivity contribution in [1.29, 1.82) is 0 Å². The summed E-state index contributed by atoms with van der Waals surface area (Å²) >= 11 is 0. The summed E-state index contributed by atoms with van der Waals surface area (Å²) in [5.74, 6) is 1.83. The SMILES string of the molecule is CCCC1CCN(c2cnc(CN)cn2)C1. The minimum atomic E-state index is 0.464. The Labute approximate surface area is 96.9 Å². The molecule has 4 nitrogen and oxygen atoms in total. The third-order valence-electron chi connectivity index (χ3n) is 3.21. The second-order valence-electron chi connectivity index (χ2n) is 4.46. The molecule has 2 N–H and O–H groups in total. The predicted molar refractivity (Wildman–Crippen MR) is 65.2 cm³/mol. The summed E-state index contributed by atoms with van der Waals surface area (Å²) in [6.45, 7) is 4.95. The van der Waals surface area contributed by atoms with Gasteiger partial charge in [-0.3, -0.25) is 4.98 Å². The molecular formula is C12H20N4. The summed E-state index contributed by atoms with van der Waals surface area (Å²) < 4.78 is 0. The molecule has 88 valence electrons. The zero-order chi connectivity index (χ0) is 11.4. The Bertz CT molecular complexity index is 322. The van der Waals surface area contributed by atoms with Crippen LogP contribution in [0, 0.1) is 5.92 Å². The van der Waals surface area contributed by atoms with E-state index in [0.717, 1.165) is 30.5 Å². The molecule has 2 heterocycles. The van der Waals surface area contributed by atoms with Gasteiger partial charge in [0.05, 0.1) is 18.1 Å². The average Bonchev–Trinajstić information content (AvgIpc) is 2.78. The molecule has 1 saturated heterocycles. The van der Waals surface area contributed by atoms with Gasteiger partial charge in [-0.25, -0.2) is 4.98 Å². The first kappa shape index (κ1) is 11.3. The topological polar surface area (TPSA) is 55.0 Å². The van der Waals surface area contributed by atoms with E-state index in [2.05, 4.69) is 21.8 Å². The lowest BCUT2D eigenvalue weighted by atomic mass is 10.0. The summed E-state index contributed by atoms with van der Waals surface area (Å²) in [4.78, 5) is 11.0. The van der Waals surface area contributed by atoms with Crippen molar-refractivity contribution in [2.24, 2.45) is 11.7 Å². The maximum Gasteiger partial charge on any atom is 0.147 e. The zero-order valence-corrected chi connectivity index (χ0v) is 9.89. The Kier molecular flexibility index (Phi) is 3.72. The quantitative estimate of drug-likeness (QED) is 0.836. The summed E-state index contributed by atoms with van der Waals surface area (Å²) in [5.41, 5.74) is 6.35. The van der Waals surface area contributed by atoms with Gasteiger partial charge in [0.2, 0.25) is 0 Å². The standard InChI is InChI=1S/C12H20N4/c1-2-3-10-4-5-16(9-10)12-8-14-11(6-13)7-15-12/h7-8,10H,2-6,9,13H2,1H3. The van der Waals surface area contributed by atoms with Crippen LogP contribution < -0.4 is 10.6 Å². The van der Waals surface area contributed by atoms with Crippen molar-refractivity contribution in [2.75, 3.05) is 18.0 Å². The fraction of sp³-hybridized carbons (Fsp3) is 0.667. The molecule has 1 aromatic heterocycles. The molecule has 1 atom stereocenters. The van der Waals surface area contributed by atoms with Crippen LogP contribution >= 0.6 is 0 Å². The van der Waals surface area contributed by atoms with E-state index in [0.29, 0.717) is 6.54 Å². The smallest absolute Gasteiger partial charge is 0.147 e. The van der Waals surface area contributed by atoms with Crippen molar-refractivity contribution in [2.45, 2.75) is 32.7 Å². The van der Waals surface area contributed by atoms with Crippen LogP contribution in [0.1, 0.15) is 31.9 Å². The van der Waals surface area contributed by atoms with Crippen LogP contribution in [0.25, 0.3) is 0 Å². The highest BCUT2D eigenvalue weighted by Gasteiger charge is 2.22. The Morgan fingerprint density at radius 1 is 1.44 bits per heavy atom. The van der Waals surface area contributed by atoms with Gasteiger partial charge in [0, 0.05) is 19.6 Å². The maximum absolute atomic E-state index is 5.50. The number of hydrogen-bond donors (Lipinski definition) is 1. The second-order valence-corrected chi connectivity index (χ2v) is 4.46. The highest BCUT2D eigenvalue weighted by molar-refractivity contribution is 5.37. The van der Waals surface area contributed by atoms with E-state index in [1.54, 1.807) is 6.20 Å². The molecule has 0 aliphatic carbocycles. The Morgan fingerprint density at radius 2 is 2.31 bits per heavy atom. The molecule has 4 heteroatoms. The van der Waals surface area contributed by atoms with E-state index in [4.69, 9.17) is 5.73 Å². The molecule has 0 aromatic carbocycles. The van der Waals surface area contributed by atoms with Crippen LogP contribution in [0.5, 0.6) is 0 Å². The minimum Gasteiger partial charge on any atom is -0.355 e. The van der Waals surface area contributed by atoms with Crippen molar-refractivity contribution in [1.82, 2.24) is 9.97 Å². The highest BCUT2D eigenvalue weighted by atomic mass is 15.2. The number of anilines is 1. The molecule has 2 rings (SSSR count). The van der Waals surface area contributed by atoms with E-state index in [1.807, 2.05) is 6.20 Å². The minimum absolute atomic E-state index is 0.464. The molecule has 1 aliphatic heterocycles. The van der Waals surface area contributed by atoms with Gasteiger partial charge in [0.25, 0.3) is 0 Å². The van der Waals surface area contributed by atoms with Gasteiger partial charge in [-0.05, 0) is 18.8 Å². The van der Waals surface area contributed by atoms with Crippen molar-refractivity contribution in [3.05, 3.63) is 18.1 Å². The van der Waals surface area contributed by atoms with Gasteiger partial charge in [0.1, 0.15) is 5.82 Å². The van der Waals surface area contributed by atoms with Gasteiger partial charge < -0.3 is 10.6 Å². The lowest BCUT2D eigenvalue weighted by Gasteiger charge is -2.16. The number of aromatic nitrogens is 2. The van der Waals surface area contributed by atoms with Crippen LogP contribution in [-0.2, 0) is 6.54 Å². The highest BCUT2D eigenvalue weighted by Crippen LogP contribution is 2.24. The van der Waals surface area contributed by atoms with E-state index >= 15 is 0 Å². The summed E-state index contributed by atoms with van der Waals surface area (Å²) in [6.07, 6.45) is 7.51. The molecular weight excluding hydrogens is 200 g/mol. The molecule has 0 spiro atoms. The summed E-state index contributed by atoms with van der Waals surface area (Å²) in [5, 5.41) is 0. The molecule has 1 aliphatic rings. The van der Waals surface area contributed by atoms with Crippen molar-refractivity contribution >= 4 is 5.82 Å².